The first-order chi connectivity index (χ1) is 9.86. The summed E-state index contributed by atoms with van der Waals surface area (Å²) in [4.78, 5) is 11.1. The summed E-state index contributed by atoms with van der Waals surface area (Å²) >= 11 is 0. The van der Waals surface area contributed by atoms with Crippen molar-refractivity contribution >= 4 is 16.0 Å². The largest absolute Gasteiger partial charge is 0.481 e. The average molecular weight is 308 g/mol. The lowest BCUT2D eigenvalue weighted by Crippen LogP contribution is -2.45. The molecule has 1 aromatic carbocycles. The van der Waals surface area contributed by atoms with Crippen molar-refractivity contribution in [3.05, 3.63) is 29.8 Å². The van der Waals surface area contributed by atoms with E-state index in [0.29, 0.717) is 6.42 Å². The molecule has 0 aliphatic carbocycles. The van der Waals surface area contributed by atoms with Gasteiger partial charge in [0.25, 0.3) is 0 Å². The molecule has 1 aliphatic rings. The van der Waals surface area contributed by atoms with Crippen LogP contribution in [0, 0.1) is 23.2 Å². The number of piperidine rings is 1. The molecular formula is C14H16N2O4S. The van der Waals surface area contributed by atoms with Gasteiger partial charge in [-0.15, -0.1) is 0 Å². The van der Waals surface area contributed by atoms with Gasteiger partial charge in [0, 0.05) is 13.1 Å². The summed E-state index contributed by atoms with van der Waals surface area (Å²) < 4.78 is 26.5. The van der Waals surface area contributed by atoms with Crippen LogP contribution in [0.2, 0.25) is 0 Å². The number of nitrogens with zero attached hydrogens (tertiary/aromatic N) is 2. The van der Waals surface area contributed by atoms with Crippen LogP contribution >= 0.6 is 0 Å². The monoisotopic (exact) mass is 308 g/mol. The minimum absolute atomic E-state index is 0.0381. The van der Waals surface area contributed by atoms with Crippen molar-refractivity contribution in [1.29, 1.82) is 5.26 Å². The van der Waals surface area contributed by atoms with Crippen molar-refractivity contribution in [2.24, 2.45) is 11.8 Å². The summed E-state index contributed by atoms with van der Waals surface area (Å²) in [5, 5.41) is 18.2. The molecule has 0 aromatic heterocycles. The second-order valence-corrected chi connectivity index (χ2v) is 7.21. The molecule has 6 nitrogen and oxygen atoms in total. The number of carboxylic acids is 1. The number of nitriles is 1. The fourth-order valence-corrected chi connectivity index (χ4v) is 4.35. The van der Waals surface area contributed by atoms with Crippen LogP contribution in [0.1, 0.15) is 18.9 Å². The Balaban J connectivity index is 2.39. The molecule has 1 fully saturated rings. The van der Waals surface area contributed by atoms with Crippen molar-refractivity contribution in [3.8, 4) is 6.07 Å². The predicted octanol–water partition coefficient (Wildman–Crippen LogP) is 1.29. The highest BCUT2D eigenvalue weighted by atomic mass is 32.2. The van der Waals surface area contributed by atoms with Gasteiger partial charge in [-0.25, -0.2) is 8.42 Å². The third-order valence-electron chi connectivity index (χ3n) is 3.60. The van der Waals surface area contributed by atoms with Crippen LogP contribution in [-0.4, -0.2) is 36.9 Å². The summed E-state index contributed by atoms with van der Waals surface area (Å²) in [5.41, 5.74) is 0.0719. The minimum Gasteiger partial charge on any atom is -0.481 e. The highest BCUT2D eigenvalue weighted by molar-refractivity contribution is 7.89. The standard InChI is InChI=1S/C14H16N2O4S/c1-10-6-12(14(17)18)9-16(8-10)21(19,20)13-5-3-2-4-11(13)7-15/h2-5,10,12H,6,8-9H2,1H3,(H,17,18). The zero-order valence-electron chi connectivity index (χ0n) is 11.6. The fourth-order valence-electron chi connectivity index (χ4n) is 2.60. The van der Waals surface area contributed by atoms with Gasteiger partial charge < -0.3 is 5.11 Å². The van der Waals surface area contributed by atoms with Crippen LogP contribution < -0.4 is 0 Å². The molecule has 2 atom stereocenters. The molecule has 1 saturated heterocycles. The van der Waals surface area contributed by atoms with Gasteiger partial charge in [0.15, 0.2) is 0 Å². The molecule has 21 heavy (non-hydrogen) atoms. The maximum atomic E-state index is 12.7. The maximum absolute atomic E-state index is 12.7. The molecule has 0 radical (unpaired) electrons. The van der Waals surface area contributed by atoms with Gasteiger partial charge in [-0.1, -0.05) is 19.1 Å². The number of benzene rings is 1. The number of hydrogen-bond donors (Lipinski definition) is 1. The van der Waals surface area contributed by atoms with E-state index in [1.165, 1.54) is 16.4 Å². The molecule has 1 heterocycles. The van der Waals surface area contributed by atoms with Crippen LogP contribution in [0.3, 0.4) is 0 Å². The summed E-state index contributed by atoms with van der Waals surface area (Å²) in [6, 6.07) is 7.83. The molecule has 1 N–H and O–H groups in total. The smallest absolute Gasteiger partial charge is 0.307 e. The molecule has 112 valence electrons. The topological polar surface area (TPSA) is 98.5 Å². The van der Waals surface area contributed by atoms with Gasteiger partial charge in [0.2, 0.25) is 10.0 Å². The Morgan fingerprint density at radius 3 is 2.67 bits per heavy atom. The Morgan fingerprint density at radius 1 is 1.38 bits per heavy atom. The summed E-state index contributed by atoms with van der Waals surface area (Å²) in [7, 11) is -3.86. The van der Waals surface area contributed by atoms with E-state index in [1.54, 1.807) is 12.1 Å². The summed E-state index contributed by atoms with van der Waals surface area (Å²) in [6.45, 7) is 2.04. The van der Waals surface area contributed by atoms with E-state index in [9.17, 15) is 13.2 Å². The van der Waals surface area contributed by atoms with Crippen LogP contribution in [-0.2, 0) is 14.8 Å². The molecule has 0 amide bonds. The molecule has 2 rings (SSSR count). The van der Waals surface area contributed by atoms with E-state index in [0.717, 1.165) is 0 Å². The number of sulfonamides is 1. The highest BCUT2D eigenvalue weighted by Gasteiger charge is 2.36. The Morgan fingerprint density at radius 2 is 2.05 bits per heavy atom. The van der Waals surface area contributed by atoms with Crippen molar-refractivity contribution in [1.82, 2.24) is 4.31 Å². The third kappa shape index (κ3) is 3.06. The Kier molecular flexibility index (Phi) is 4.30. The quantitative estimate of drug-likeness (QED) is 0.907. The first kappa shape index (κ1) is 15.5. The molecule has 0 saturated carbocycles. The molecule has 0 spiro atoms. The van der Waals surface area contributed by atoms with Crippen LogP contribution in [0.15, 0.2) is 29.2 Å². The van der Waals surface area contributed by atoms with Gasteiger partial charge in [-0.05, 0) is 24.5 Å². The van der Waals surface area contributed by atoms with E-state index < -0.39 is 21.9 Å². The number of carboxylic acid groups (broad SMARTS) is 1. The van der Waals surface area contributed by atoms with Gasteiger partial charge in [0.1, 0.15) is 6.07 Å². The van der Waals surface area contributed by atoms with Gasteiger partial charge in [-0.2, -0.15) is 9.57 Å². The Labute approximate surface area is 123 Å². The third-order valence-corrected chi connectivity index (χ3v) is 5.49. The van der Waals surface area contributed by atoms with Crippen molar-refractivity contribution in [3.63, 3.8) is 0 Å². The molecule has 7 heteroatoms. The molecular weight excluding hydrogens is 292 g/mol. The predicted molar refractivity (Wildman–Crippen MR) is 74.8 cm³/mol. The van der Waals surface area contributed by atoms with Gasteiger partial charge >= 0.3 is 5.97 Å². The normalized spacial score (nSPS) is 23.4. The summed E-state index contributed by atoms with van der Waals surface area (Å²) in [6.07, 6.45) is 0.460. The first-order valence-electron chi connectivity index (χ1n) is 6.58. The van der Waals surface area contributed by atoms with Crippen molar-refractivity contribution in [2.45, 2.75) is 18.2 Å². The fraction of sp³-hybridized carbons (Fsp3) is 0.429. The van der Waals surface area contributed by atoms with Crippen LogP contribution in [0.5, 0.6) is 0 Å². The van der Waals surface area contributed by atoms with Gasteiger partial charge in [0.05, 0.1) is 16.4 Å². The SMILES string of the molecule is CC1CC(C(=O)O)CN(S(=O)(=O)c2ccccc2C#N)C1. The second kappa shape index (κ2) is 5.84. The minimum atomic E-state index is -3.86. The number of hydrogen-bond acceptors (Lipinski definition) is 4. The first-order valence-corrected chi connectivity index (χ1v) is 8.02. The van der Waals surface area contributed by atoms with E-state index in [4.69, 9.17) is 10.4 Å². The van der Waals surface area contributed by atoms with Crippen LogP contribution in [0.25, 0.3) is 0 Å². The Bertz CT molecular complexity index is 693. The van der Waals surface area contributed by atoms with E-state index in [-0.39, 0.29) is 29.5 Å². The average Bonchev–Trinajstić information content (AvgIpc) is 2.46. The molecule has 1 aromatic rings. The molecule has 1 aliphatic heterocycles. The van der Waals surface area contributed by atoms with E-state index >= 15 is 0 Å². The lowest BCUT2D eigenvalue weighted by atomic mass is 9.92. The number of rotatable bonds is 3. The van der Waals surface area contributed by atoms with E-state index in [2.05, 4.69) is 0 Å². The zero-order valence-corrected chi connectivity index (χ0v) is 12.4. The second-order valence-electron chi connectivity index (χ2n) is 5.31. The van der Waals surface area contributed by atoms with Crippen molar-refractivity contribution < 1.29 is 18.3 Å². The Hall–Kier alpha value is -1.91. The zero-order chi connectivity index (χ0) is 15.6. The maximum Gasteiger partial charge on any atom is 0.307 e. The van der Waals surface area contributed by atoms with Crippen LogP contribution in [0.4, 0.5) is 0 Å². The number of aliphatic carboxylic acids is 1. The summed E-state index contributed by atoms with van der Waals surface area (Å²) in [5.74, 6) is -1.74. The van der Waals surface area contributed by atoms with Gasteiger partial charge in [-0.3, -0.25) is 4.79 Å². The van der Waals surface area contributed by atoms with E-state index in [1.807, 2.05) is 13.0 Å². The molecule has 0 bridgehead atoms. The lowest BCUT2D eigenvalue weighted by molar-refractivity contribution is -0.143. The lowest BCUT2D eigenvalue weighted by Gasteiger charge is -2.33. The highest BCUT2D eigenvalue weighted by Crippen LogP contribution is 2.28. The number of carbonyl (C=O) groups is 1. The van der Waals surface area contributed by atoms with Crippen molar-refractivity contribution in [2.75, 3.05) is 13.1 Å². The molecule has 2 unspecified atom stereocenters.